The summed E-state index contributed by atoms with van der Waals surface area (Å²) in [7, 11) is 0. The van der Waals surface area contributed by atoms with Gasteiger partial charge in [-0.2, -0.15) is 0 Å². The fraction of sp³-hybridized carbons (Fsp3) is 0. The molecule has 8 aromatic rings. The molecule has 0 unspecified atom stereocenters. The van der Waals surface area contributed by atoms with E-state index in [-0.39, 0.29) is 55.2 Å². The first-order valence-corrected chi connectivity index (χ1v) is 12.5. The Hall–Kier alpha value is -5.14. The Morgan fingerprint density at radius 3 is 1.67 bits per heavy atom. The van der Waals surface area contributed by atoms with Gasteiger partial charge in [0.2, 0.25) is 0 Å². The van der Waals surface area contributed by atoms with E-state index >= 15 is 0 Å². The van der Waals surface area contributed by atoms with Crippen molar-refractivity contribution in [3.8, 4) is 33.4 Å². The van der Waals surface area contributed by atoms with Gasteiger partial charge in [-0.15, -0.1) is 0 Å². The highest BCUT2D eigenvalue weighted by molar-refractivity contribution is 6.25. The van der Waals surface area contributed by atoms with E-state index in [0.717, 1.165) is 11.1 Å². The molecule has 1 heterocycles. The summed E-state index contributed by atoms with van der Waals surface area (Å²) in [6, 6.07) is 18.3. The highest BCUT2D eigenvalue weighted by Gasteiger charge is 2.19. The minimum absolute atomic E-state index is 0.00202. The van der Waals surface area contributed by atoms with Gasteiger partial charge >= 0.3 is 0 Å². The lowest BCUT2D eigenvalue weighted by Gasteiger charge is -2.18. The Balaban J connectivity index is 1.68. The second-order valence-corrected chi connectivity index (χ2v) is 9.25. The third-order valence-corrected chi connectivity index (χ3v) is 7.11. The summed E-state index contributed by atoms with van der Waals surface area (Å²) >= 11 is 0. The Kier molecular flexibility index (Phi) is 3.04. The molecule has 1 aromatic heterocycles. The number of hydrogen-bond donors (Lipinski definition) is 0. The van der Waals surface area contributed by atoms with Crippen LogP contribution in [0.2, 0.25) is 0 Å². The summed E-state index contributed by atoms with van der Waals surface area (Å²) in [6.45, 7) is 0. The molecule has 0 N–H and O–H groups in total. The highest BCUT2D eigenvalue weighted by Crippen LogP contribution is 2.46. The van der Waals surface area contributed by atoms with Crippen LogP contribution in [0.5, 0.6) is 0 Å². The van der Waals surface area contributed by atoms with Crippen LogP contribution in [0, 0.1) is 0 Å². The van der Waals surface area contributed by atoms with Crippen LogP contribution >= 0.6 is 0 Å². The van der Waals surface area contributed by atoms with Crippen LogP contribution < -0.4 is 0 Å². The Morgan fingerprint density at radius 1 is 0.410 bits per heavy atom. The minimum atomic E-state index is -0.572. The van der Waals surface area contributed by atoms with Crippen molar-refractivity contribution in [1.29, 1.82) is 0 Å². The summed E-state index contributed by atoms with van der Waals surface area (Å²) in [5.74, 6) is 0. The normalized spacial score (nSPS) is 15.5. The zero-order valence-corrected chi connectivity index (χ0v) is 20.4. The fourth-order valence-electron chi connectivity index (χ4n) is 5.41. The van der Waals surface area contributed by atoms with Gasteiger partial charge in [-0.3, -0.25) is 0 Å². The van der Waals surface area contributed by atoms with Crippen LogP contribution in [0.4, 0.5) is 0 Å². The smallest absolute Gasteiger partial charge is 0.136 e. The molecule has 7 aromatic carbocycles. The quantitative estimate of drug-likeness (QED) is 0.217. The summed E-state index contributed by atoms with van der Waals surface area (Å²) < 4.78 is 105. The maximum Gasteiger partial charge on any atom is 0.136 e. The predicted octanol–water partition coefficient (Wildman–Crippen LogP) is 10.9. The molecule has 8 rings (SSSR count). The zero-order chi connectivity index (χ0) is 35.3. The van der Waals surface area contributed by atoms with Gasteiger partial charge in [-0.05, 0) is 67.0 Å². The zero-order valence-electron chi connectivity index (χ0n) is 31.4. The standard InChI is InChI=1S/C38H24O/c1-2-11-25(12-3-1)26-21-23-27(24-22-26)36-28-13-4-6-15-30(28)37(31-16-7-5-14-29(31)36)33-18-10-20-35-38(33)32-17-8-9-19-34(32)39-35/h1-24H/i4D,5D,6D,7D,10D,13D,14D,15D,16D,18D,20D. The third-order valence-electron chi connectivity index (χ3n) is 7.11. The van der Waals surface area contributed by atoms with Crippen molar-refractivity contribution in [2.75, 3.05) is 0 Å². The number of rotatable bonds is 3. The van der Waals surface area contributed by atoms with Gasteiger partial charge in [-0.1, -0.05) is 133 Å². The molecule has 0 atom stereocenters. The second kappa shape index (κ2) is 8.72. The molecule has 0 amide bonds. The molecular formula is C38H24O. The van der Waals surface area contributed by atoms with Gasteiger partial charge in [0.25, 0.3) is 0 Å². The number of fused-ring (bicyclic) bond motifs is 5. The first-order valence-electron chi connectivity index (χ1n) is 18.0. The maximum atomic E-state index is 9.27. The van der Waals surface area contributed by atoms with Crippen molar-refractivity contribution < 1.29 is 19.5 Å². The van der Waals surface area contributed by atoms with Gasteiger partial charge in [0.15, 0.2) is 0 Å². The fourth-order valence-corrected chi connectivity index (χ4v) is 5.41. The van der Waals surface area contributed by atoms with E-state index in [1.165, 1.54) is 0 Å². The molecule has 0 saturated heterocycles. The molecule has 0 aliphatic heterocycles. The lowest BCUT2D eigenvalue weighted by Crippen LogP contribution is -1.91. The van der Waals surface area contributed by atoms with Crippen molar-refractivity contribution >= 4 is 43.5 Å². The lowest BCUT2D eigenvalue weighted by molar-refractivity contribution is 0.669. The van der Waals surface area contributed by atoms with E-state index in [2.05, 4.69) is 0 Å². The van der Waals surface area contributed by atoms with E-state index in [1.807, 2.05) is 42.5 Å². The van der Waals surface area contributed by atoms with E-state index in [4.69, 9.17) is 12.6 Å². The predicted molar refractivity (Wildman–Crippen MR) is 165 cm³/mol. The molecule has 1 nitrogen and oxygen atoms in total. The number of furan rings is 1. The third kappa shape index (κ3) is 3.41. The monoisotopic (exact) mass is 507 g/mol. The molecule has 1 heteroatoms. The highest BCUT2D eigenvalue weighted by atomic mass is 16.3. The molecule has 0 spiro atoms. The summed E-state index contributed by atoms with van der Waals surface area (Å²) in [5, 5.41) is 0.549. The number of benzene rings is 7. The van der Waals surface area contributed by atoms with Crippen LogP contribution in [0.1, 0.15) is 15.1 Å². The topological polar surface area (TPSA) is 13.1 Å². The van der Waals surface area contributed by atoms with Gasteiger partial charge in [0, 0.05) is 10.8 Å². The lowest BCUT2D eigenvalue weighted by atomic mass is 9.84. The second-order valence-electron chi connectivity index (χ2n) is 9.25. The number of para-hydroxylation sites is 1. The molecular weight excluding hydrogens is 472 g/mol. The van der Waals surface area contributed by atoms with E-state index in [0.29, 0.717) is 16.5 Å². The summed E-state index contributed by atoms with van der Waals surface area (Å²) in [5.41, 5.74) is 2.69. The first kappa shape index (κ1) is 13.6. The molecule has 0 radical (unpaired) electrons. The van der Waals surface area contributed by atoms with Crippen molar-refractivity contribution in [2.45, 2.75) is 0 Å². The van der Waals surface area contributed by atoms with Crippen LogP contribution in [-0.4, -0.2) is 0 Å². The van der Waals surface area contributed by atoms with Crippen LogP contribution in [0.3, 0.4) is 0 Å². The van der Waals surface area contributed by atoms with Crippen LogP contribution in [0.25, 0.3) is 76.9 Å². The number of hydrogen-bond acceptors (Lipinski definition) is 1. The van der Waals surface area contributed by atoms with Crippen LogP contribution in [-0.2, 0) is 0 Å². The molecule has 0 aliphatic carbocycles. The van der Waals surface area contributed by atoms with Crippen molar-refractivity contribution in [3.63, 3.8) is 0 Å². The molecule has 0 fully saturated rings. The Morgan fingerprint density at radius 2 is 0.974 bits per heavy atom. The average Bonchev–Trinajstić information content (AvgIpc) is 3.53. The average molecular weight is 508 g/mol. The molecule has 0 saturated carbocycles. The van der Waals surface area contributed by atoms with Crippen LogP contribution in [0.15, 0.2) is 150 Å². The minimum Gasteiger partial charge on any atom is -0.456 e. The Bertz CT molecular complexity index is 2670. The van der Waals surface area contributed by atoms with E-state index < -0.39 is 60.4 Å². The van der Waals surface area contributed by atoms with Crippen molar-refractivity contribution in [3.05, 3.63) is 145 Å². The Labute approximate surface area is 242 Å². The van der Waals surface area contributed by atoms with E-state index in [9.17, 15) is 6.85 Å². The summed E-state index contributed by atoms with van der Waals surface area (Å²) in [6.07, 6.45) is 0. The SMILES string of the molecule is [2H]c1c([2H])c(-c2c3c([2H])c([2H])c([2H])c([2H])c3c(-c3ccc(-c4ccccc4)cc3)c3c([2H])c([2H])c([2H])c([2H])c23)c2c(oc3ccccc32)c1[2H]. The van der Waals surface area contributed by atoms with Gasteiger partial charge in [-0.25, -0.2) is 0 Å². The molecule has 39 heavy (non-hydrogen) atoms. The maximum absolute atomic E-state index is 9.27. The first-order chi connectivity index (χ1) is 23.9. The van der Waals surface area contributed by atoms with Crippen molar-refractivity contribution in [2.24, 2.45) is 0 Å². The van der Waals surface area contributed by atoms with E-state index in [1.54, 1.807) is 36.4 Å². The van der Waals surface area contributed by atoms with Gasteiger partial charge in [0.1, 0.15) is 11.2 Å². The molecule has 0 aliphatic rings. The van der Waals surface area contributed by atoms with Gasteiger partial charge < -0.3 is 4.42 Å². The molecule has 182 valence electrons. The molecule has 0 bridgehead atoms. The summed E-state index contributed by atoms with van der Waals surface area (Å²) in [4.78, 5) is 0. The van der Waals surface area contributed by atoms with Gasteiger partial charge in [0.05, 0.1) is 15.1 Å². The van der Waals surface area contributed by atoms with Crippen molar-refractivity contribution in [1.82, 2.24) is 0 Å². The largest absolute Gasteiger partial charge is 0.456 e.